The van der Waals surface area contributed by atoms with E-state index in [2.05, 4.69) is 24.4 Å². The summed E-state index contributed by atoms with van der Waals surface area (Å²) < 4.78 is 11.1. The maximum atomic E-state index is 12.2. The quantitative estimate of drug-likeness (QED) is 0.440. The Labute approximate surface area is 171 Å². The van der Waals surface area contributed by atoms with Gasteiger partial charge in [-0.05, 0) is 41.5 Å². The lowest BCUT2D eigenvalue weighted by Gasteiger charge is -2.15. The van der Waals surface area contributed by atoms with Crippen LogP contribution in [0.1, 0.15) is 37.3 Å². The Kier molecular flexibility index (Phi) is 6.85. The lowest BCUT2D eigenvalue weighted by molar-refractivity contribution is -0.123. The standard InChI is InChI=1S/C24H26N2O3/c1-4-17(2)19-9-7-8-12-23(19)29-16-24(27)26-25-15-18-13-14-22(28-3)21-11-6-5-10-20(18)21/h5-15,17H,4,16H2,1-3H3,(H,26,27)/b25-15+. The van der Waals surface area contributed by atoms with Gasteiger partial charge in [0.2, 0.25) is 0 Å². The van der Waals surface area contributed by atoms with E-state index >= 15 is 0 Å². The predicted molar refractivity (Wildman–Crippen MR) is 117 cm³/mol. The number of amides is 1. The van der Waals surface area contributed by atoms with Crippen LogP contribution in [-0.2, 0) is 4.79 Å². The van der Waals surface area contributed by atoms with Gasteiger partial charge in [-0.3, -0.25) is 4.79 Å². The molecule has 0 aliphatic rings. The van der Waals surface area contributed by atoms with Gasteiger partial charge in [-0.15, -0.1) is 0 Å². The van der Waals surface area contributed by atoms with Gasteiger partial charge >= 0.3 is 0 Å². The molecule has 5 nitrogen and oxygen atoms in total. The van der Waals surface area contributed by atoms with Crippen LogP contribution in [0.4, 0.5) is 0 Å². The SMILES string of the molecule is CCC(C)c1ccccc1OCC(=O)N/N=C/c1ccc(OC)c2ccccc12. The van der Waals surface area contributed by atoms with Crippen molar-refractivity contribution in [1.82, 2.24) is 5.43 Å². The van der Waals surface area contributed by atoms with Crippen LogP contribution < -0.4 is 14.9 Å². The lowest BCUT2D eigenvalue weighted by atomic mass is 9.98. The number of carbonyl (C=O) groups excluding carboxylic acids is 1. The molecule has 29 heavy (non-hydrogen) atoms. The number of fused-ring (bicyclic) bond motifs is 1. The second-order valence-corrected chi connectivity index (χ2v) is 6.83. The molecule has 0 heterocycles. The molecule has 0 radical (unpaired) electrons. The number of benzene rings is 3. The molecule has 0 aliphatic heterocycles. The van der Waals surface area contributed by atoms with Crippen LogP contribution in [0, 0.1) is 0 Å². The average molecular weight is 390 g/mol. The second-order valence-electron chi connectivity index (χ2n) is 6.83. The van der Waals surface area contributed by atoms with Gasteiger partial charge in [0, 0.05) is 10.9 Å². The van der Waals surface area contributed by atoms with Crippen molar-refractivity contribution in [3.63, 3.8) is 0 Å². The summed E-state index contributed by atoms with van der Waals surface area (Å²) in [5, 5.41) is 6.09. The van der Waals surface area contributed by atoms with E-state index in [4.69, 9.17) is 9.47 Å². The lowest BCUT2D eigenvalue weighted by Crippen LogP contribution is -2.25. The number of ether oxygens (including phenoxy) is 2. The van der Waals surface area contributed by atoms with Crippen LogP contribution in [0.25, 0.3) is 10.8 Å². The van der Waals surface area contributed by atoms with Crippen molar-refractivity contribution in [2.24, 2.45) is 5.10 Å². The summed E-state index contributed by atoms with van der Waals surface area (Å²) in [6.07, 6.45) is 2.64. The van der Waals surface area contributed by atoms with Gasteiger partial charge in [0.25, 0.3) is 5.91 Å². The minimum atomic E-state index is -0.307. The van der Waals surface area contributed by atoms with Crippen LogP contribution in [-0.4, -0.2) is 25.8 Å². The molecule has 3 rings (SSSR count). The van der Waals surface area contributed by atoms with E-state index in [1.807, 2.05) is 60.7 Å². The van der Waals surface area contributed by atoms with Gasteiger partial charge in [0.1, 0.15) is 11.5 Å². The number of hydrazone groups is 1. The minimum absolute atomic E-state index is 0.0891. The number of methoxy groups -OCH3 is 1. The zero-order valence-corrected chi connectivity index (χ0v) is 17.0. The number of nitrogens with zero attached hydrogens (tertiary/aromatic N) is 1. The molecule has 0 aromatic heterocycles. The van der Waals surface area contributed by atoms with E-state index in [1.165, 1.54) is 0 Å². The van der Waals surface area contributed by atoms with E-state index in [-0.39, 0.29) is 12.5 Å². The molecule has 3 aromatic rings. The fourth-order valence-corrected chi connectivity index (χ4v) is 3.17. The summed E-state index contributed by atoms with van der Waals surface area (Å²) in [5.41, 5.74) is 4.53. The van der Waals surface area contributed by atoms with Crippen molar-refractivity contribution >= 4 is 22.9 Å². The van der Waals surface area contributed by atoms with E-state index in [9.17, 15) is 4.79 Å². The number of para-hydroxylation sites is 1. The highest BCUT2D eigenvalue weighted by molar-refractivity contribution is 6.02. The molecule has 1 N–H and O–H groups in total. The number of rotatable bonds is 8. The molecular formula is C24H26N2O3. The van der Waals surface area contributed by atoms with Crippen molar-refractivity contribution in [3.8, 4) is 11.5 Å². The molecule has 0 bridgehead atoms. The van der Waals surface area contributed by atoms with Gasteiger partial charge in [0.05, 0.1) is 13.3 Å². The Morgan fingerprint density at radius 3 is 2.52 bits per heavy atom. The number of hydrogen-bond donors (Lipinski definition) is 1. The Morgan fingerprint density at radius 2 is 1.76 bits per heavy atom. The first-order valence-corrected chi connectivity index (χ1v) is 9.73. The van der Waals surface area contributed by atoms with Gasteiger partial charge in [-0.2, -0.15) is 5.10 Å². The molecule has 1 atom stereocenters. The van der Waals surface area contributed by atoms with E-state index < -0.39 is 0 Å². The molecule has 0 aliphatic carbocycles. The maximum absolute atomic E-state index is 12.2. The summed E-state index contributed by atoms with van der Waals surface area (Å²) in [6.45, 7) is 4.19. The van der Waals surface area contributed by atoms with Gasteiger partial charge in [-0.1, -0.05) is 56.3 Å². The van der Waals surface area contributed by atoms with Gasteiger partial charge in [0.15, 0.2) is 6.61 Å². The third-order valence-electron chi connectivity index (χ3n) is 4.95. The monoisotopic (exact) mass is 390 g/mol. The predicted octanol–water partition coefficient (Wildman–Crippen LogP) is 4.89. The molecule has 0 saturated heterocycles. The maximum Gasteiger partial charge on any atom is 0.277 e. The molecule has 150 valence electrons. The average Bonchev–Trinajstić information content (AvgIpc) is 2.77. The van der Waals surface area contributed by atoms with Crippen LogP contribution in [0.3, 0.4) is 0 Å². The zero-order valence-electron chi connectivity index (χ0n) is 17.0. The summed E-state index contributed by atoms with van der Waals surface area (Å²) >= 11 is 0. The third-order valence-corrected chi connectivity index (χ3v) is 4.95. The van der Waals surface area contributed by atoms with Crippen molar-refractivity contribution in [1.29, 1.82) is 0 Å². The number of hydrogen-bond acceptors (Lipinski definition) is 4. The first-order chi connectivity index (χ1) is 14.1. The molecule has 1 amide bonds. The molecule has 0 spiro atoms. The zero-order chi connectivity index (χ0) is 20.6. The fourth-order valence-electron chi connectivity index (χ4n) is 3.17. The Morgan fingerprint density at radius 1 is 1.03 bits per heavy atom. The van der Waals surface area contributed by atoms with Crippen LogP contribution >= 0.6 is 0 Å². The van der Waals surface area contributed by atoms with E-state index in [0.717, 1.165) is 39.8 Å². The fraction of sp³-hybridized carbons (Fsp3) is 0.250. The largest absolute Gasteiger partial charge is 0.496 e. The summed E-state index contributed by atoms with van der Waals surface area (Å²) in [4.78, 5) is 12.2. The Balaban J connectivity index is 1.64. The van der Waals surface area contributed by atoms with Gasteiger partial charge in [-0.25, -0.2) is 5.43 Å². The highest BCUT2D eigenvalue weighted by atomic mass is 16.5. The first-order valence-electron chi connectivity index (χ1n) is 9.73. The third kappa shape index (κ3) is 4.93. The van der Waals surface area contributed by atoms with E-state index in [0.29, 0.717) is 5.92 Å². The first kappa shape index (κ1) is 20.4. The molecule has 1 unspecified atom stereocenters. The highest BCUT2D eigenvalue weighted by Gasteiger charge is 2.11. The van der Waals surface area contributed by atoms with Crippen molar-refractivity contribution in [3.05, 3.63) is 71.8 Å². The molecule has 0 saturated carbocycles. The van der Waals surface area contributed by atoms with Crippen molar-refractivity contribution in [2.75, 3.05) is 13.7 Å². The number of carbonyl (C=O) groups is 1. The smallest absolute Gasteiger partial charge is 0.277 e. The molecule has 0 fully saturated rings. The van der Waals surface area contributed by atoms with Crippen molar-refractivity contribution < 1.29 is 14.3 Å². The van der Waals surface area contributed by atoms with Crippen LogP contribution in [0.2, 0.25) is 0 Å². The second kappa shape index (κ2) is 9.73. The molecule has 3 aromatic carbocycles. The molecular weight excluding hydrogens is 364 g/mol. The molecule has 5 heteroatoms. The van der Waals surface area contributed by atoms with Gasteiger partial charge < -0.3 is 9.47 Å². The topological polar surface area (TPSA) is 59.9 Å². The van der Waals surface area contributed by atoms with Crippen LogP contribution in [0.15, 0.2) is 65.8 Å². The highest BCUT2D eigenvalue weighted by Crippen LogP contribution is 2.28. The Hall–Kier alpha value is -3.34. The Bertz CT molecular complexity index is 1010. The minimum Gasteiger partial charge on any atom is -0.496 e. The van der Waals surface area contributed by atoms with E-state index in [1.54, 1.807) is 13.3 Å². The normalized spacial score (nSPS) is 12.1. The van der Waals surface area contributed by atoms with Crippen LogP contribution in [0.5, 0.6) is 11.5 Å². The summed E-state index contributed by atoms with van der Waals surface area (Å²) in [5.74, 6) is 1.60. The van der Waals surface area contributed by atoms with Crippen molar-refractivity contribution in [2.45, 2.75) is 26.2 Å². The number of nitrogens with one attached hydrogen (secondary N) is 1. The summed E-state index contributed by atoms with van der Waals surface area (Å²) in [6, 6.07) is 19.5. The summed E-state index contributed by atoms with van der Waals surface area (Å²) in [7, 11) is 1.65.